The summed E-state index contributed by atoms with van der Waals surface area (Å²) in [5.74, 6) is 0. The molecular formula is C10H8ClNO. The lowest BCUT2D eigenvalue weighted by atomic mass is 10.2. The number of fused-ring (bicyclic) bond motifs is 1. The molecule has 0 aliphatic rings. The third-order valence-corrected chi connectivity index (χ3v) is 2.52. The normalized spacial score (nSPS) is 10.6. The molecule has 2 rings (SSSR count). The van der Waals surface area contributed by atoms with E-state index in [2.05, 4.69) is 0 Å². The van der Waals surface area contributed by atoms with Crippen molar-refractivity contribution in [3.05, 3.63) is 35.0 Å². The minimum absolute atomic E-state index is 0.642. The smallest absolute Gasteiger partial charge is 0.166 e. The van der Waals surface area contributed by atoms with E-state index >= 15 is 0 Å². The second kappa shape index (κ2) is 2.89. The molecule has 13 heavy (non-hydrogen) atoms. The van der Waals surface area contributed by atoms with Crippen molar-refractivity contribution < 1.29 is 4.79 Å². The Morgan fingerprint density at radius 2 is 2.23 bits per heavy atom. The SMILES string of the molecule is Cn1c(C=O)cc2c(Cl)cccc21. The zero-order chi connectivity index (χ0) is 9.42. The highest BCUT2D eigenvalue weighted by Gasteiger charge is 2.06. The number of benzene rings is 1. The molecule has 2 aromatic rings. The van der Waals surface area contributed by atoms with Gasteiger partial charge in [-0.25, -0.2) is 0 Å². The summed E-state index contributed by atoms with van der Waals surface area (Å²) in [5.41, 5.74) is 1.62. The molecule has 3 heteroatoms. The van der Waals surface area contributed by atoms with Crippen molar-refractivity contribution in [2.24, 2.45) is 7.05 Å². The van der Waals surface area contributed by atoms with Gasteiger partial charge in [0.25, 0.3) is 0 Å². The van der Waals surface area contributed by atoms with Gasteiger partial charge in [-0.1, -0.05) is 17.7 Å². The lowest BCUT2D eigenvalue weighted by molar-refractivity contribution is 0.111. The number of carbonyl (C=O) groups excluding carboxylic acids is 1. The first-order chi connectivity index (χ1) is 6.24. The summed E-state index contributed by atoms with van der Waals surface area (Å²) < 4.78 is 1.83. The summed E-state index contributed by atoms with van der Waals surface area (Å²) in [6, 6.07) is 7.43. The Labute approximate surface area is 80.7 Å². The molecule has 0 atom stereocenters. The van der Waals surface area contributed by atoms with E-state index in [9.17, 15) is 4.79 Å². The Balaban J connectivity index is 2.91. The molecule has 1 aromatic heterocycles. The van der Waals surface area contributed by atoms with Crippen LogP contribution < -0.4 is 0 Å². The number of aryl methyl sites for hydroxylation is 1. The molecule has 0 bridgehead atoms. The van der Waals surface area contributed by atoms with E-state index in [1.807, 2.05) is 29.8 Å². The maximum absolute atomic E-state index is 10.6. The van der Waals surface area contributed by atoms with Gasteiger partial charge in [0.15, 0.2) is 6.29 Å². The number of hydrogen-bond acceptors (Lipinski definition) is 1. The molecule has 0 N–H and O–H groups in total. The number of halogens is 1. The van der Waals surface area contributed by atoms with Crippen LogP contribution in [0.25, 0.3) is 10.9 Å². The van der Waals surface area contributed by atoms with E-state index < -0.39 is 0 Å². The topological polar surface area (TPSA) is 22.0 Å². The van der Waals surface area contributed by atoms with Crippen molar-refractivity contribution in [1.29, 1.82) is 0 Å². The van der Waals surface area contributed by atoms with Gasteiger partial charge in [0.05, 0.1) is 5.69 Å². The van der Waals surface area contributed by atoms with Crippen LogP contribution in [0.5, 0.6) is 0 Å². The van der Waals surface area contributed by atoms with Crippen molar-refractivity contribution in [3.63, 3.8) is 0 Å². The van der Waals surface area contributed by atoms with Gasteiger partial charge in [0, 0.05) is 23.0 Å². The van der Waals surface area contributed by atoms with Gasteiger partial charge < -0.3 is 4.57 Å². The van der Waals surface area contributed by atoms with Gasteiger partial charge in [-0.3, -0.25) is 4.79 Å². The second-order valence-electron chi connectivity index (χ2n) is 2.92. The molecule has 1 heterocycles. The highest BCUT2D eigenvalue weighted by Crippen LogP contribution is 2.25. The summed E-state index contributed by atoms with van der Waals surface area (Å²) >= 11 is 5.97. The number of aldehydes is 1. The fourth-order valence-electron chi connectivity index (χ4n) is 1.46. The predicted octanol–water partition coefficient (Wildman–Crippen LogP) is 2.64. The highest BCUT2D eigenvalue weighted by molar-refractivity contribution is 6.35. The fourth-order valence-corrected chi connectivity index (χ4v) is 1.68. The molecule has 0 aliphatic carbocycles. The second-order valence-corrected chi connectivity index (χ2v) is 3.33. The Morgan fingerprint density at radius 3 is 2.85 bits per heavy atom. The van der Waals surface area contributed by atoms with Crippen LogP contribution in [0.2, 0.25) is 5.02 Å². The summed E-state index contributed by atoms with van der Waals surface area (Å²) in [6.45, 7) is 0. The molecule has 1 aromatic carbocycles. The zero-order valence-electron chi connectivity index (χ0n) is 7.12. The first kappa shape index (κ1) is 8.32. The first-order valence-corrected chi connectivity index (χ1v) is 4.31. The molecule has 0 saturated heterocycles. The van der Waals surface area contributed by atoms with Crippen LogP contribution in [0.1, 0.15) is 10.5 Å². The number of nitrogens with zero attached hydrogens (tertiary/aromatic N) is 1. The number of carbonyl (C=O) groups is 1. The fraction of sp³-hybridized carbons (Fsp3) is 0.100. The molecule has 0 radical (unpaired) electrons. The maximum atomic E-state index is 10.6. The lowest BCUT2D eigenvalue weighted by Gasteiger charge is -1.97. The van der Waals surface area contributed by atoms with Crippen LogP contribution in [0.15, 0.2) is 24.3 Å². The van der Waals surface area contributed by atoms with Gasteiger partial charge in [-0.05, 0) is 18.2 Å². The van der Waals surface area contributed by atoms with E-state index in [0.29, 0.717) is 10.7 Å². The molecule has 0 spiro atoms. The molecule has 0 unspecified atom stereocenters. The van der Waals surface area contributed by atoms with Crippen LogP contribution in [0.4, 0.5) is 0 Å². The summed E-state index contributed by atoms with van der Waals surface area (Å²) in [7, 11) is 1.85. The molecule has 0 aliphatic heterocycles. The van der Waals surface area contributed by atoms with Crippen molar-refractivity contribution >= 4 is 28.8 Å². The van der Waals surface area contributed by atoms with Crippen LogP contribution >= 0.6 is 11.6 Å². The van der Waals surface area contributed by atoms with Gasteiger partial charge >= 0.3 is 0 Å². The molecule has 2 nitrogen and oxygen atoms in total. The predicted molar refractivity (Wildman–Crippen MR) is 53.3 cm³/mol. The maximum Gasteiger partial charge on any atom is 0.166 e. The largest absolute Gasteiger partial charge is 0.341 e. The van der Waals surface area contributed by atoms with E-state index in [-0.39, 0.29) is 0 Å². The van der Waals surface area contributed by atoms with Gasteiger partial charge in [-0.2, -0.15) is 0 Å². The monoisotopic (exact) mass is 193 g/mol. The van der Waals surface area contributed by atoms with Gasteiger partial charge in [-0.15, -0.1) is 0 Å². The quantitative estimate of drug-likeness (QED) is 0.639. The Bertz CT molecular complexity index is 473. The van der Waals surface area contributed by atoms with Crippen LogP contribution in [0.3, 0.4) is 0 Å². The average Bonchev–Trinajstić information content (AvgIpc) is 2.45. The zero-order valence-corrected chi connectivity index (χ0v) is 7.88. The minimum atomic E-state index is 0.642. The molecular weight excluding hydrogens is 186 g/mol. The Kier molecular flexibility index (Phi) is 1.85. The summed E-state index contributed by atoms with van der Waals surface area (Å²) in [5, 5.41) is 1.61. The standard InChI is InChI=1S/C10H8ClNO/c1-12-7(6-13)5-8-9(11)3-2-4-10(8)12/h2-6H,1H3. The van der Waals surface area contributed by atoms with Gasteiger partial charge in [0.1, 0.15) is 0 Å². The first-order valence-electron chi connectivity index (χ1n) is 3.93. The minimum Gasteiger partial charge on any atom is -0.341 e. The van der Waals surface area contributed by atoms with Crippen molar-refractivity contribution in [2.75, 3.05) is 0 Å². The number of hydrogen-bond donors (Lipinski definition) is 0. The Morgan fingerprint density at radius 1 is 1.46 bits per heavy atom. The van der Waals surface area contributed by atoms with E-state index in [1.54, 1.807) is 6.07 Å². The molecule has 0 saturated carbocycles. The van der Waals surface area contributed by atoms with Crippen molar-refractivity contribution in [3.8, 4) is 0 Å². The third-order valence-electron chi connectivity index (χ3n) is 2.19. The summed E-state index contributed by atoms with van der Waals surface area (Å²) in [4.78, 5) is 10.6. The highest BCUT2D eigenvalue weighted by atomic mass is 35.5. The average molecular weight is 194 g/mol. The van der Waals surface area contributed by atoms with E-state index in [0.717, 1.165) is 17.2 Å². The third kappa shape index (κ3) is 1.14. The molecule has 0 fully saturated rings. The van der Waals surface area contributed by atoms with Gasteiger partial charge in [0.2, 0.25) is 0 Å². The Hall–Kier alpha value is -1.28. The van der Waals surface area contributed by atoms with Crippen LogP contribution in [0, 0.1) is 0 Å². The number of aromatic nitrogens is 1. The van der Waals surface area contributed by atoms with Crippen molar-refractivity contribution in [2.45, 2.75) is 0 Å². The van der Waals surface area contributed by atoms with Crippen molar-refractivity contribution in [1.82, 2.24) is 4.57 Å². The summed E-state index contributed by atoms with van der Waals surface area (Å²) in [6.07, 6.45) is 0.830. The lowest BCUT2D eigenvalue weighted by Crippen LogP contribution is -1.92. The molecule has 66 valence electrons. The van der Waals surface area contributed by atoms with Crippen LogP contribution in [-0.2, 0) is 7.05 Å². The molecule has 0 amide bonds. The van der Waals surface area contributed by atoms with E-state index in [1.165, 1.54) is 0 Å². The van der Waals surface area contributed by atoms with E-state index in [4.69, 9.17) is 11.6 Å². The number of rotatable bonds is 1. The van der Waals surface area contributed by atoms with Crippen LogP contribution in [-0.4, -0.2) is 10.9 Å².